The highest BCUT2D eigenvalue weighted by atomic mass is 16.5. The van der Waals surface area contributed by atoms with Crippen LogP contribution in [0.5, 0.6) is 0 Å². The Kier molecular flexibility index (Phi) is 1.26. The summed E-state index contributed by atoms with van der Waals surface area (Å²) in [6, 6.07) is -2.36. The predicted molar refractivity (Wildman–Crippen MR) is 81.3 cm³/mol. The quantitative estimate of drug-likeness (QED) is 0.867. The Hall–Kier alpha value is -1.81. The Bertz CT molecular complexity index is 1140. The van der Waals surface area contributed by atoms with Crippen LogP contribution in [-0.4, -0.2) is 41.0 Å². The van der Waals surface area contributed by atoms with E-state index >= 15 is 0 Å². The van der Waals surface area contributed by atoms with Crippen LogP contribution in [0, 0.1) is 0 Å². The van der Waals surface area contributed by atoms with Crippen LogP contribution in [0.25, 0.3) is 10.9 Å². The number of aromatic amines is 1. The lowest BCUT2D eigenvalue weighted by atomic mass is 10.0. The average Bonchev–Trinajstić information content (AvgIpc) is 3.15. The number of hydrogen-bond donors (Lipinski definition) is 1. The lowest BCUT2D eigenvalue weighted by Gasteiger charge is -2.35. The van der Waals surface area contributed by atoms with Crippen molar-refractivity contribution in [2.24, 2.45) is 0 Å². The summed E-state index contributed by atoms with van der Waals surface area (Å²) in [5.41, 5.74) is 0.100. The van der Waals surface area contributed by atoms with Gasteiger partial charge in [-0.2, -0.15) is 0 Å². The van der Waals surface area contributed by atoms with E-state index in [1.807, 2.05) is 0 Å². The van der Waals surface area contributed by atoms with Crippen LogP contribution in [0.2, 0.25) is 0 Å². The van der Waals surface area contributed by atoms with Crippen LogP contribution in [0.1, 0.15) is 52.3 Å². The number of carbonyl (C=O) groups is 1. The average molecular weight is 296 g/mol. The minimum absolute atomic E-state index is 0.123. The number of H-pyrrole nitrogens is 1. The van der Waals surface area contributed by atoms with Crippen molar-refractivity contribution >= 4 is 16.9 Å². The molecule has 1 aromatic carbocycles. The maximum atomic E-state index is 13.0. The van der Waals surface area contributed by atoms with E-state index in [1.165, 1.54) is 18.2 Å². The number of carbonyl (C=O) groups excluding carboxylic acids is 1. The molecule has 2 fully saturated rings. The van der Waals surface area contributed by atoms with Crippen LogP contribution in [0.3, 0.4) is 0 Å². The zero-order valence-corrected chi connectivity index (χ0v) is 11.1. The summed E-state index contributed by atoms with van der Waals surface area (Å²) in [6.07, 6.45) is -16.8. The Morgan fingerprint density at radius 2 is 2.24 bits per heavy atom. The van der Waals surface area contributed by atoms with Crippen molar-refractivity contribution in [1.29, 1.82) is 0 Å². The standard InChI is InChI=1S/C17H20N2O2/c1-19-11-6-7-12(19)9-13(8-11)21-17(20)15-10-18-16-5-3-2-4-14(15)16/h2-5,10-13,18H,6-9H2,1H3/t11-,12+,13?/i3D,6D2,7D2,8D2,9D2,11D,12D,13D. The fourth-order valence-electron chi connectivity index (χ4n) is 2.25. The molecular weight excluding hydrogens is 264 g/mol. The fourth-order valence-corrected chi connectivity index (χ4v) is 2.25. The molecule has 3 heterocycles. The van der Waals surface area contributed by atoms with Gasteiger partial charge < -0.3 is 14.6 Å². The minimum atomic E-state index is -3.69. The topological polar surface area (TPSA) is 45.3 Å². The van der Waals surface area contributed by atoms with Crippen molar-refractivity contribution < 1.29 is 26.0 Å². The first-order chi connectivity index (χ1) is 14.8. The van der Waals surface area contributed by atoms with Crippen molar-refractivity contribution in [3.05, 3.63) is 36.0 Å². The zero-order chi connectivity index (χ0) is 25.2. The van der Waals surface area contributed by atoms with Crippen LogP contribution < -0.4 is 0 Å². The van der Waals surface area contributed by atoms with Gasteiger partial charge in [0, 0.05) is 55.6 Å². The molecule has 0 saturated carbocycles. The molecule has 0 radical (unpaired) electrons. The Balaban J connectivity index is 1.92. The molecule has 4 nitrogen and oxygen atoms in total. The van der Waals surface area contributed by atoms with Gasteiger partial charge in [0.1, 0.15) is 6.08 Å². The van der Waals surface area contributed by atoms with E-state index in [4.69, 9.17) is 21.2 Å². The third-order valence-corrected chi connectivity index (χ3v) is 3.37. The largest absolute Gasteiger partial charge is 0.459 e. The van der Waals surface area contributed by atoms with Crippen LogP contribution in [0.15, 0.2) is 30.4 Å². The molecule has 3 atom stereocenters. The molecule has 1 aromatic heterocycles. The van der Waals surface area contributed by atoms with Crippen molar-refractivity contribution in [3.8, 4) is 0 Å². The second kappa shape index (κ2) is 4.88. The first kappa shape index (κ1) is 5.43. The number of aromatic nitrogens is 1. The molecule has 0 spiro atoms. The number of nitrogens with one attached hydrogen (secondary N) is 1. The van der Waals surface area contributed by atoms with Gasteiger partial charge in [0.05, 0.1) is 8.30 Å². The molecular formula is C17H20N2O2. The number of piperidine rings is 1. The van der Waals surface area contributed by atoms with Gasteiger partial charge in [0.25, 0.3) is 0 Å². The third kappa shape index (κ3) is 2.14. The molecule has 1 N–H and O–H groups in total. The highest BCUT2D eigenvalue weighted by Gasteiger charge is 2.40. The van der Waals surface area contributed by atoms with E-state index in [0.29, 0.717) is 10.4 Å². The predicted octanol–water partition coefficient (Wildman–Crippen LogP) is 2.95. The number of para-hydroxylation sites is 1. The Morgan fingerprint density at radius 3 is 3.00 bits per heavy atom. The highest BCUT2D eigenvalue weighted by molar-refractivity contribution is 6.04. The monoisotopic (exact) mass is 296 g/mol. The van der Waals surface area contributed by atoms with Crippen LogP contribution in [0.4, 0.5) is 0 Å². The SMILES string of the molecule is [2H]c1ccc2c(C(=O)OC3([2H])C([2H])([2H])[C@]4([2H])N(C)[C@]([2H])(C3([2H])[2H])C([2H])([2H])C4([2H])[2H])c[nH]c2c1. The molecule has 2 bridgehead atoms. The molecule has 2 saturated heterocycles. The van der Waals surface area contributed by atoms with E-state index in [-0.39, 0.29) is 17.0 Å². The summed E-state index contributed by atoms with van der Waals surface area (Å²) in [6.45, 7) is 0. The zero-order valence-electron chi connectivity index (χ0n) is 23.1. The van der Waals surface area contributed by atoms with E-state index < -0.39 is 49.6 Å². The molecule has 2 aliphatic rings. The summed E-state index contributed by atoms with van der Waals surface area (Å²) in [5.74, 6) is -1.39. The molecule has 4 rings (SSSR count). The number of hydrogen-bond acceptors (Lipinski definition) is 3. The van der Waals surface area contributed by atoms with E-state index in [1.54, 1.807) is 0 Å². The third-order valence-electron chi connectivity index (χ3n) is 3.37. The number of nitrogens with zero attached hydrogens (tertiary/aromatic N) is 1. The molecule has 2 aliphatic heterocycles. The fraction of sp³-hybridized carbons (Fsp3) is 0.471. The maximum absolute atomic E-state index is 13.0. The van der Waals surface area contributed by atoms with Gasteiger partial charge >= 0.3 is 5.97 Å². The van der Waals surface area contributed by atoms with Crippen molar-refractivity contribution in [2.45, 2.75) is 43.6 Å². The van der Waals surface area contributed by atoms with E-state index in [9.17, 15) is 4.79 Å². The van der Waals surface area contributed by atoms with Gasteiger partial charge in [-0.25, -0.2) is 4.79 Å². The highest BCUT2D eigenvalue weighted by Crippen LogP contribution is 2.35. The van der Waals surface area contributed by atoms with Gasteiger partial charge in [-0.15, -0.1) is 0 Å². The number of esters is 1. The number of ether oxygens (including phenoxy) is 1. The summed E-state index contributed by atoms with van der Waals surface area (Å²) >= 11 is 0. The molecule has 21 heavy (non-hydrogen) atoms. The van der Waals surface area contributed by atoms with Gasteiger partial charge in [0.15, 0.2) is 0 Å². The van der Waals surface area contributed by atoms with E-state index in [2.05, 4.69) is 4.98 Å². The van der Waals surface area contributed by atoms with Gasteiger partial charge in [-0.05, 0) is 25.9 Å². The normalized spacial score (nSPS) is 57.4. The second-order valence-corrected chi connectivity index (χ2v) is 4.65. The van der Waals surface area contributed by atoms with Crippen molar-refractivity contribution in [3.63, 3.8) is 0 Å². The summed E-state index contributed by atoms with van der Waals surface area (Å²) in [5, 5.41) is 0.225. The molecule has 110 valence electrons. The lowest BCUT2D eigenvalue weighted by molar-refractivity contribution is -0.000258. The van der Waals surface area contributed by atoms with Crippen LogP contribution in [-0.2, 0) is 4.74 Å². The number of benzene rings is 1. The molecule has 0 amide bonds. The van der Waals surface area contributed by atoms with Crippen LogP contribution >= 0.6 is 0 Å². The Labute approximate surface area is 140 Å². The first-order valence-electron chi connectivity index (χ1n) is 12.3. The number of rotatable bonds is 2. The maximum Gasteiger partial charge on any atom is 0.340 e. The van der Waals surface area contributed by atoms with Gasteiger partial charge in [0.2, 0.25) is 0 Å². The number of fused-ring (bicyclic) bond motifs is 3. The van der Waals surface area contributed by atoms with Gasteiger partial charge in [-0.3, -0.25) is 0 Å². The second-order valence-electron chi connectivity index (χ2n) is 4.65. The lowest BCUT2D eigenvalue weighted by Crippen LogP contribution is -2.43. The van der Waals surface area contributed by atoms with E-state index in [0.717, 1.165) is 13.2 Å². The minimum Gasteiger partial charge on any atom is -0.459 e. The van der Waals surface area contributed by atoms with Gasteiger partial charge in [-0.1, -0.05) is 18.2 Å². The first-order valence-corrected chi connectivity index (χ1v) is 6.32. The van der Waals surface area contributed by atoms with Crippen molar-refractivity contribution in [1.82, 2.24) is 9.88 Å². The summed E-state index contributed by atoms with van der Waals surface area (Å²) in [4.78, 5) is 16.0. The molecule has 4 heteroatoms. The molecule has 0 aliphatic carbocycles. The summed E-state index contributed by atoms with van der Waals surface area (Å²) < 4.78 is 105. The Morgan fingerprint density at radius 1 is 1.48 bits per heavy atom. The summed E-state index contributed by atoms with van der Waals surface area (Å²) in [7, 11) is 0.845. The smallest absolute Gasteiger partial charge is 0.340 e. The van der Waals surface area contributed by atoms with Crippen molar-refractivity contribution in [2.75, 3.05) is 7.05 Å². The molecule has 1 unspecified atom stereocenters. The molecule has 2 aromatic rings.